The number of hydrogen-bond donors (Lipinski definition) is 2. The number of nitrogens with one attached hydrogen (secondary N) is 2. The van der Waals surface area contributed by atoms with Crippen molar-refractivity contribution in [3.8, 4) is 11.3 Å². The van der Waals surface area contributed by atoms with Crippen molar-refractivity contribution < 1.29 is 9.32 Å². The maximum atomic E-state index is 12.5. The van der Waals surface area contributed by atoms with Crippen molar-refractivity contribution in [3.63, 3.8) is 0 Å². The molecule has 26 heavy (non-hydrogen) atoms. The van der Waals surface area contributed by atoms with Gasteiger partial charge in [0.05, 0.1) is 17.8 Å². The molecule has 2 N–H and O–H groups in total. The molecule has 1 atom stereocenters. The first kappa shape index (κ1) is 16.5. The molecule has 2 aromatic carbocycles. The third-order valence-corrected chi connectivity index (χ3v) is 4.71. The van der Waals surface area contributed by atoms with Gasteiger partial charge in [0.1, 0.15) is 0 Å². The standard InChI is InChI=1S/C19H15BrN4O2/c1-11(12-2-5-15(20)6-3-12)22-19(25)17-9-18(26-24-17)13-4-7-16-14(8-13)10-21-23-16/h2-11H,1H3,(H,21,23)(H,22,25)/t11-/m1/s1. The van der Waals surface area contributed by atoms with Crippen LogP contribution < -0.4 is 5.32 Å². The van der Waals surface area contributed by atoms with E-state index in [1.165, 1.54) is 0 Å². The molecule has 1 amide bonds. The Morgan fingerprint density at radius 2 is 2.00 bits per heavy atom. The molecule has 0 aliphatic rings. The van der Waals surface area contributed by atoms with Gasteiger partial charge in [0.15, 0.2) is 11.5 Å². The first-order chi connectivity index (χ1) is 12.6. The van der Waals surface area contributed by atoms with Gasteiger partial charge in [-0.3, -0.25) is 9.89 Å². The molecule has 0 spiro atoms. The number of amides is 1. The Bertz CT molecular complexity index is 1070. The van der Waals surface area contributed by atoms with Crippen molar-refractivity contribution >= 4 is 32.7 Å². The van der Waals surface area contributed by atoms with Crippen LogP contribution in [-0.4, -0.2) is 21.3 Å². The van der Waals surface area contributed by atoms with Gasteiger partial charge in [-0.1, -0.05) is 33.2 Å². The molecular weight excluding hydrogens is 396 g/mol. The van der Waals surface area contributed by atoms with E-state index in [1.807, 2.05) is 49.4 Å². The van der Waals surface area contributed by atoms with E-state index in [2.05, 4.69) is 36.6 Å². The van der Waals surface area contributed by atoms with Crippen LogP contribution in [0.4, 0.5) is 0 Å². The summed E-state index contributed by atoms with van der Waals surface area (Å²) < 4.78 is 6.35. The summed E-state index contributed by atoms with van der Waals surface area (Å²) in [6.45, 7) is 1.93. The van der Waals surface area contributed by atoms with Crippen molar-refractivity contribution in [2.24, 2.45) is 0 Å². The van der Waals surface area contributed by atoms with Gasteiger partial charge in [-0.2, -0.15) is 5.10 Å². The number of H-pyrrole nitrogens is 1. The fourth-order valence-electron chi connectivity index (χ4n) is 2.72. The van der Waals surface area contributed by atoms with Crippen LogP contribution in [0.5, 0.6) is 0 Å². The minimum atomic E-state index is -0.278. The van der Waals surface area contributed by atoms with Gasteiger partial charge < -0.3 is 9.84 Å². The Morgan fingerprint density at radius 3 is 2.81 bits per heavy atom. The molecule has 2 heterocycles. The predicted molar refractivity (Wildman–Crippen MR) is 102 cm³/mol. The number of halogens is 1. The average Bonchev–Trinajstić information content (AvgIpc) is 3.31. The average molecular weight is 411 g/mol. The van der Waals surface area contributed by atoms with E-state index in [4.69, 9.17) is 4.52 Å². The fourth-order valence-corrected chi connectivity index (χ4v) is 2.98. The van der Waals surface area contributed by atoms with Crippen LogP contribution in [0.2, 0.25) is 0 Å². The van der Waals surface area contributed by atoms with E-state index in [0.29, 0.717) is 5.76 Å². The molecule has 0 fully saturated rings. The highest BCUT2D eigenvalue weighted by molar-refractivity contribution is 9.10. The lowest BCUT2D eigenvalue weighted by Crippen LogP contribution is -2.26. The summed E-state index contributed by atoms with van der Waals surface area (Å²) >= 11 is 3.40. The second kappa shape index (κ2) is 6.76. The highest BCUT2D eigenvalue weighted by Gasteiger charge is 2.17. The van der Waals surface area contributed by atoms with E-state index in [0.717, 1.165) is 26.5 Å². The van der Waals surface area contributed by atoms with E-state index >= 15 is 0 Å². The molecule has 0 aliphatic heterocycles. The van der Waals surface area contributed by atoms with Crippen LogP contribution in [0, 0.1) is 0 Å². The first-order valence-electron chi connectivity index (χ1n) is 8.07. The lowest BCUT2D eigenvalue weighted by molar-refractivity contribution is 0.0931. The second-order valence-electron chi connectivity index (χ2n) is 6.00. The molecule has 2 aromatic heterocycles. The van der Waals surface area contributed by atoms with Gasteiger partial charge in [-0.15, -0.1) is 0 Å². The monoisotopic (exact) mass is 410 g/mol. The topological polar surface area (TPSA) is 83.8 Å². The largest absolute Gasteiger partial charge is 0.355 e. The number of fused-ring (bicyclic) bond motifs is 1. The van der Waals surface area contributed by atoms with E-state index in [-0.39, 0.29) is 17.6 Å². The normalized spacial score (nSPS) is 12.2. The smallest absolute Gasteiger partial charge is 0.273 e. The van der Waals surface area contributed by atoms with Crippen LogP contribution in [0.15, 0.2) is 63.7 Å². The van der Waals surface area contributed by atoms with Crippen molar-refractivity contribution in [3.05, 3.63) is 70.5 Å². The molecule has 130 valence electrons. The number of hydrogen-bond acceptors (Lipinski definition) is 4. The van der Waals surface area contributed by atoms with Crippen LogP contribution in [0.3, 0.4) is 0 Å². The van der Waals surface area contributed by atoms with E-state index < -0.39 is 0 Å². The zero-order chi connectivity index (χ0) is 18.1. The summed E-state index contributed by atoms with van der Waals surface area (Å²) in [7, 11) is 0. The quantitative estimate of drug-likeness (QED) is 0.519. The summed E-state index contributed by atoms with van der Waals surface area (Å²) in [5.41, 5.74) is 3.04. The number of carbonyl (C=O) groups excluding carboxylic acids is 1. The van der Waals surface area contributed by atoms with Gasteiger partial charge >= 0.3 is 0 Å². The summed E-state index contributed by atoms with van der Waals surface area (Å²) in [6, 6.07) is 15.1. The Kier molecular flexibility index (Phi) is 4.30. The third kappa shape index (κ3) is 3.25. The van der Waals surface area contributed by atoms with E-state index in [9.17, 15) is 4.79 Å². The highest BCUT2D eigenvalue weighted by Crippen LogP contribution is 2.24. The molecular formula is C19H15BrN4O2. The molecule has 6 nitrogen and oxygen atoms in total. The molecule has 4 aromatic rings. The van der Waals surface area contributed by atoms with Gasteiger partial charge in [0.25, 0.3) is 5.91 Å². The van der Waals surface area contributed by atoms with Crippen LogP contribution in [0.1, 0.15) is 29.0 Å². The minimum Gasteiger partial charge on any atom is -0.355 e. The summed E-state index contributed by atoms with van der Waals surface area (Å²) in [5.74, 6) is 0.259. The number of nitrogens with zero attached hydrogens (tertiary/aromatic N) is 2. The van der Waals surface area contributed by atoms with Gasteiger partial charge in [-0.05, 0) is 42.8 Å². The Morgan fingerprint density at radius 1 is 1.19 bits per heavy atom. The maximum Gasteiger partial charge on any atom is 0.273 e. The summed E-state index contributed by atoms with van der Waals surface area (Å²) in [6.07, 6.45) is 1.74. The van der Waals surface area contributed by atoms with E-state index in [1.54, 1.807) is 12.3 Å². The number of rotatable bonds is 4. The summed E-state index contributed by atoms with van der Waals surface area (Å²) in [4.78, 5) is 12.5. The van der Waals surface area contributed by atoms with Crippen molar-refractivity contribution in [1.82, 2.24) is 20.7 Å². The van der Waals surface area contributed by atoms with Crippen molar-refractivity contribution in [2.75, 3.05) is 0 Å². The maximum absolute atomic E-state index is 12.5. The van der Waals surface area contributed by atoms with Gasteiger partial charge in [0, 0.05) is 21.5 Å². The molecule has 0 saturated heterocycles. The molecule has 0 unspecified atom stereocenters. The number of aromatic amines is 1. The van der Waals surface area contributed by atoms with Gasteiger partial charge in [-0.25, -0.2) is 0 Å². The number of carbonyl (C=O) groups is 1. The predicted octanol–water partition coefficient (Wildman–Crippen LogP) is 4.47. The SMILES string of the molecule is C[C@@H](NC(=O)c1cc(-c2ccc3[nH]ncc3c2)on1)c1ccc(Br)cc1. The Balaban J connectivity index is 1.51. The van der Waals surface area contributed by atoms with Crippen molar-refractivity contribution in [1.29, 1.82) is 0 Å². The molecule has 4 rings (SSSR count). The lowest BCUT2D eigenvalue weighted by Gasteiger charge is -2.13. The van der Waals surface area contributed by atoms with Crippen LogP contribution in [-0.2, 0) is 0 Å². The number of aromatic nitrogens is 3. The Labute approximate surface area is 157 Å². The minimum absolute atomic E-state index is 0.141. The summed E-state index contributed by atoms with van der Waals surface area (Å²) in [5, 5.41) is 14.7. The molecule has 7 heteroatoms. The number of benzene rings is 2. The molecule has 0 bridgehead atoms. The Hall–Kier alpha value is -2.93. The second-order valence-corrected chi connectivity index (χ2v) is 6.91. The van der Waals surface area contributed by atoms with Crippen molar-refractivity contribution in [2.45, 2.75) is 13.0 Å². The zero-order valence-electron chi connectivity index (χ0n) is 13.9. The lowest BCUT2D eigenvalue weighted by atomic mass is 10.1. The third-order valence-electron chi connectivity index (χ3n) is 4.19. The molecule has 0 saturated carbocycles. The first-order valence-corrected chi connectivity index (χ1v) is 8.86. The molecule has 0 radical (unpaired) electrons. The van der Waals surface area contributed by atoms with Crippen LogP contribution >= 0.6 is 15.9 Å². The molecule has 0 aliphatic carbocycles. The van der Waals surface area contributed by atoms with Crippen LogP contribution in [0.25, 0.3) is 22.2 Å². The highest BCUT2D eigenvalue weighted by atomic mass is 79.9. The fraction of sp³-hybridized carbons (Fsp3) is 0.105. The zero-order valence-corrected chi connectivity index (χ0v) is 15.4. The van der Waals surface area contributed by atoms with Gasteiger partial charge in [0.2, 0.25) is 0 Å².